The molecule has 2 atom stereocenters. The zero-order valence-electron chi connectivity index (χ0n) is 17.5. The molecule has 1 fully saturated rings. The molecule has 2 aromatic rings. The van der Waals surface area contributed by atoms with Crippen LogP contribution in [-0.2, 0) is 17.4 Å². The first-order valence-corrected chi connectivity index (χ1v) is 10.3. The quantitative estimate of drug-likeness (QED) is 0.732. The number of nitrogens with one attached hydrogen (secondary N) is 1. The SMILES string of the molecule is CC(C)Cc1ccc(C(C)C(=O)N[C@@H]2CCN(c3cncc(C(F)(F)F)c3)C2)cc1. The molecule has 162 valence electrons. The van der Waals surface area contributed by atoms with E-state index in [1.807, 2.05) is 24.0 Å². The van der Waals surface area contributed by atoms with Crippen molar-refractivity contribution in [3.05, 3.63) is 59.4 Å². The van der Waals surface area contributed by atoms with E-state index in [1.165, 1.54) is 11.8 Å². The largest absolute Gasteiger partial charge is 0.417 e. The summed E-state index contributed by atoms with van der Waals surface area (Å²) in [7, 11) is 0. The summed E-state index contributed by atoms with van der Waals surface area (Å²) < 4.78 is 38.8. The Morgan fingerprint density at radius 3 is 2.53 bits per heavy atom. The third-order valence-electron chi connectivity index (χ3n) is 5.47. The van der Waals surface area contributed by atoms with Crippen LogP contribution in [0.1, 0.15) is 49.8 Å². The third kappa shape index (κ3) is 5.52. The molecule has 1 unspecified atom stereocenters. The predicted molar refractivity (Wildman–Crippen MR) is 111 cm³/mol. The minimum absolute atomic E-state index is 0.0689. The van der Waals surface area contributed by atoms with Gasteiger partial charge in [-0.1, -0.05) is 38.1 Å². The van der Waals surface area contributed by atoms with Crippen LogP contribution in [0.25, 0.3) is 0 Å². The lowest BCUT2D eigenvalue weighted by molar-refractivity contribution is -0.137. The van der Waals surface area contributed by atoms with Gasteiger partial charge in [0.1, 0.15) is 0 Å². The lowest BCUT2D eigenvalue weighted by Gasteiger charge is -2.21. The van der Waals surface area contributed by atoms with Crippen molar-refractivity contribution in [2.45, 2.75) is 51.7 Å². The molecule has 0 radical (unpaired) electrons. The van der Waals surface area contributed by atoms with Crippen LogP contribution in [0.4, 0.5) is 18.9 Å². The fraction of sp³-hybridized carbons (Fsp3) is 0.478. The zero-order valence-corrected chi connectivity index (χ0v) is 17.5. The van der Waals surface area contributed by atoms with Gasteiger partial charge in [0.25, 0.3) is 0 Å². The number of amides is 1. The highest BCUT2D eigenvalue weighted by molar-refractivity contribution is 5.83. The molecule has 30 heavy (non-hydrogen) atoms. The average molecular weight is 419 g/mol. The van der Waals surface area contributed by atoms with E-state index < -0.39 is 11.7 Å². The van der Waals surface area contributed by atoms with Gasteiger partial charge in [-0.25, -0.2) is 0 Å². The van der Waals surface area contributed by atoms with E-state index in [0.717, 1.165) is 24.2 Å². The zero-order chi connectivity index (χ0) is 21.9. The number of aromatic nitrogens is 1. The van der Waals surface area contributed by atoms with Gasteiger partial charge >= 0.3 is 6.18 Å². The van der Waals surface area contributed by atoms with E-state index in [2.05, 4.69) is 36.3 Å². The van der Waals surface area contributed by atoms with Gasteiger partial charge in [-0.3, -0.25) is 9.78 Å². The van der Waals surface area contributed by atoms with Crippen LogP contribution in [0.2, 0.25) is 0 Å². The summed E-state index contributed by atoms with van der Waals surface area (Å²) in [6.45, 7) is 7.26. The highest BCUT2D eigenvalue weighted by Gasteiger charge is 2.32. The number of anilines is 1. The van der Waals surface area contributed by atoms with E-state index in [4.69, 9.17) is 0 Å². The van der Waals surface area contributed by atoms with Crippen molar-refractivity contribution in [2.75, 3.05) is 18.0 Å². The topological polar surface area (TPSA) is 45.2 Å². The monoisotopic (exact) mass is 419 g/mol. The van der Waals surface area contributed by atoms with Crippen molar-refractivity contribution in [3.8, 4) is 0 Å². The number of hydrogen-bond acceptors (Lipinski definition) is 3. The Kier molecular flexibility index (Phi) is 6.68. The van der Waals surface area contributed by atoms with Gasteiger partial charge in [-0.05, 0) is 42.9 Å². The number of nitrogens with zero attached hydrogens (tertiary/aromatic N) is 2. The second kappa shape index (κ2) is 9.06. The summed E-state index contributed by atoms with van der Waals surface area (Å²) in [6.07, 6.45) is -0.477. The number of hydrogen-bond donors (Lipinski definition) is 1. The van der Waals surface area contributed by atoms with Crippen LogP contribution in [0, 0.1) is 5.92 Å². The molecule has 0 bridgehead atoms. The fourth-order valence-electron chi connectivity index (χ4n) is 3.76. The Bertz CT molecular complexity index is 865. The summed E-state index contributed by atoms with van der Waals surface area (Å²) in [4.78, 5) is 18.3. The maximum absolute atomic E-state index is 12.9. The molecule has 1 aromatic carbocycles. The van der Waals surface area contributed by atoms with Crippen LogP contribution < -0.4 is 10.2 Å². The number of pyridine rings is 1. The third-order valence-corrected chi connectivity index (χ3v) is 5.47. The predicted octanol–water partition coefficient (Wildman–Crippen LogP) is 4.80. The second-order valence-corrected chi connectivity index (χ2v) is 8.43. The maximum atomic E-state index is 12.9. The van der Waals surface area contributed by atoms with Gasteiger partial charge in [0.05, 0.1) is 23.4 Å². The molecule has 1 aliphatic heterocycles. The maximum Gasteiger partial charge on any atom is 0.417 e. The van der Waals surface area contributed by atoms with Gasteiger partial charge in [0.15, 0.2) is 0 Å². The van der Waals surface area contributed by atoms with Gasteiger partial charge in [-0.15, -0.1) is 0 Å². The standard InChI is InChI=1S/C23H28F3N3O/c1-15(2)10-17-4-6-18(7-5-17)16(3)22(30)28-20-8-9-29(14-20)21-11-19(12-27-13-21)23(24,25)26/h4-7,11-13,15-16,20H,8-10,14H2,1-3H3,(H,28,30)/t16?,20-/m1/s1. The highest BCUT2D eigenvalue weighted by atomic mass is 19.4. The van der Waals surface area contributed by atoms with E-state index in [9.17, 15) is 18.0 Å². The Morgan fingerprint density at radius 2 is 1.90 bits per heavy atom. The molecule has 4 nitrogen and oxygen atoms in total. The van der Waals surface area contributed by atoms with Crippen LogP contribution in [0.15, 0.2) is 42.7 Å². The van der Waals surface area contributed by atoms with Crippen molar-refractivity contribution in [2.24, 2.45) is 5.92 Å². The Balaban J connectivity index is 1.58. The number of benzene rings is 1. The van der Waals surface area contributed by atoms with Crippen molar-refractivity contribution in [1.29, 1.82) is 0 Å². The Labute approximate surface area is 175 Å². The minimum atomic E-state index is -4.42. The average Bonchev–Trinajstić information content (AvgIpc) is 3.15. The fourth-order valence-corrected chi connectivity index (χ4v) is 3.76. The van der Waals surface area contributed by atoms with E-state index in [-0.39, 0.29) is 17.9 Å². The number of rotatable bonds is 6. The second-order valence-electron chi connectivity index (χ2n) is 8.43. The lowest BCUT2D eigenvalue weighted by Crippen LogP contribution is -2.39. The van der Waals surface area contributed by atoms with Gasteiger partial charge in [-0.2, -0.15) is 13.2 Å². The molecule has 1 aliphatic rings. The molecular formula is C23H28F3N3O. The molecule has 1 aromatic heterocycles. The first-order chi connectivity index (χ1) is 14.1. The first kappa shape index (κ1) is 22.1. The molecule has 1 amide bonds. The normalized spacial score (nSPS) is 18.0. The van der Waals surface area contributed by atoms with Crippen LogP contribution in [0.3, 0.4) is 0 Å². The van der Waals surface area contributed by atoms with E-state index >= 15 is 0 Å². The first-order valence-electron chi connectivity index (χ1n) is 10.3. The van der Waals surface area contributed by atoms with Crippen LogP contribution in [0.5, 0.6) is 0 Å². The summed E-state index contributed by atoms with van der Waals surface area (Å²) in [5.41, 5.74) is 1.87. The highest BCUT2D eigenvalue weighted by Crippen LogP contribution is 2.31. The van der Waals surface area contributed by atoms with Crippen molar-refractivity contribution < 1.29 is 18.0 Å². The van der Waals surface area contributed by atoms with Crippen LogP contribution >= 0.6 is 0 Å². The Hall–Kier alpha value is -2.57. The minimum Gasteiger partial charge on any atom is -0.368 e. The van der Waals surface area contributed by atoms with Crippen molar-refractivity contribution in [1.82, 2.24) is 10.3 Å². The summed E-state index contributed by atoms with van der Waals surface area (Å²) >= 11 is 0. The molecule has 0 saturated carbocycles. The molecule has 2 heterocycles. The Morgan fingerprint density at radius 1 is 1.20 bits per heavy atom. The van der Waals surface area contributed by atoms with Gasteiger partial charge in [0, 0.05) is 25.3 Å². The van der Waals surface area contributed by atoms with Crippen LogP contribution in [-0.4, -0.2) is 30.0 Å². The number of halogens is 3. The summed E-state index contributed by atoms with van der Waals surface area (Å²) in [6, 6.07) is 9.14. The number of carbonyl (C=O) groups is 1. The van der Waals surface area contributed by atoms with Gasteiger partial charge in [0.2, 0.25) is 5.91 Å². The lowest BCUT2D eigenvalue weighted by atomic mass is 9.96. The number of alkyl halides is 3. The summed E-state index contributed by atoms with van der Waals surface area (Å²) in [5.74, 6) is 0.219. The van der Waals surface area contributed by atoms with Crippen molar-refractivity contribution >= 4 is 11.6 Å². The molecule has 3 rings (SSSR count). The molecule has 0 spiro atoms. The summed E-state index contributed by atoms with van der Waals surface area (Å²) in [5, 5.41) is 3.05. The number of carbonyl (C=O) groups excluding carboxylic acids is 1. The van der Waals surface area contributed by atoms with E-state index in [0.29, 0.717) is 31.1 Å². The molecule has 1 saturated heterocycles. The van der Waals surface area contributed by atoms with Crippen molar-refractivity contribution in [3.63, 3.8) is 0 Å². The van der Waals surface area contributed by atoms with Gasteiger partial charge < -0.3 is 10.2 Å². The molecule has 1 N–H and O–H groups in total. The molecule has 0 aliphatic carbocycles. The molecular weight excluding hydrogens is 391 g/mol. The molecule has 7 heteroatoms. The smallest absolute Gasteiger partial charge is 0.368 e. The van der Waals surface area contributed by atoms with E-state index in [1.54, 1.807) is 0 Å².